The van der Waals surface area contributed by atoms with E-state index < -0.39 is 0 Å². The Hall–Kier alpha value is -1.18. The maximum Gasteiger partial charge on any atom is 0.140 e. The number of ketones is 2. The first kappa shape index (κ1) is 37.8. The van der Waals surface area contributed by atoms with E-state index in [1.165, 1.54) is 141 Å². The number of hydrogen-bond acceptors (Lipinski definition) is 2. The van der Waals surface area contributed by atoms with E-state index >= 15 is 0 Å². The zero-order valence-electron chi connectivity index (χ0n) is 26.6. The fraction of sp³-hybridized carbons (Fsp3) is 0.838. The van der Waals surface area contributed by atoms with Gasteiger partial charge in [0.15, 0.2) is 0 Å². The number of unbranched alkanes of at least 4 members (excludes halogenated alkanes) is 22. The van der Waals surface area contributed by atoms with Crippen LogP contribution in [0.15, 0.2) is 24.3 Å². The first-order valence-electron chi connectivity index (χ1n) is 17.5. The van der Waals surface area contributed by atoms with Crippen LogP contribution in [0.1, 0.15) is 200 Å². The Morgan fingerprint density at radius 2 is 0.615 bits per heavy atom. The molecule has 0 aliphatic rings. The lowest BCUT2D eigenvalue weighted by Crippen LogP contribution is -2.07. The van der Waals surface area contributed by atoms with Gasteiger partial charge in [0.1, 0.15) is 11.6 Å². The van der Waals surface area contributed by atoms with E-state index in [9.17, 15) is 9.59 Å². The molecule has 2 nitrogen and oxygen atoms in total. The van der Waals surface area contributed by atoms with Crippen molar-refractivity contribution in [2.75, 3.05) is 0 Å². The fourth-order valence-corrected chi connectivity index (χ4v) is 5.18. The lowest BCUT2D eigenvalue weighted by molar-refractivity contribution is -0.127. The molecule has 0 fully saturated rings. The Kier molecular flexibility index (Phi) is 32.0. The molecular formula is C37H68O2. The summed E-state index contributed by atoms with van der Waals surface area (Å²) in [6.45, 7) is 4.54. The van der Waals surface area contributed by atoms with E-state index in [0.717, 1.165) is 25.7 Å². The van der Waals surface area contributed by atoms with Crippen molar-refractivity contribution in [1.82, 2.24) is 0 Å². The molecule has 0 radical (unpaired) electrons. The highest BCUT2D eigenvalue weighted by Crippen LogP contribution is 2.13. The van der Waals surface area contributed by atoms with Crippen LogP contribution >= 0.6 is 0 Å². The van der Waals surface area contributed by atoms with Gasteiger partial charge in [-0.2, -0.15) is 0 Å². The SMILES string of the molecule is CCCCCCCC/C=C\CCCCCCCC(=O)CC(=O)CCCCCCC/C=C\CCCCCCCC. The molecule has 39 heavy (non-hydrogen) atoms. The molecule has 228 valence electrons. The maximum atomic E-state index is 12.1. The van der Waals surface area contributed by atoms with Crippen LogP contribution in [-0.2, 0) is 9.59 Å². The number of Topliss-reactive ketones (excluding diaryl/α,β-unsaturated/α-hetero) is 2. The average Bonchev–Trinajstić information content (AvgIpc) is 2.93. The van der Waals surface area contributed by atoms with E-state index in [1.54, 1.807) is 0 Å². The van der Waals surface area contributed by atoms with Crippen molar-refractivity contribution >= 4 is 11.6 Å². The number of hydrogen-bond donors (Lipinski definition) is 0. The lowest BCUT2D eigenvalue weighted by atomic mass is 10.0. The second kappa shape index (κ2) is 33.0. The first-order chi connectivity index (χ1) is 19.2. The highest BCUT2D eigenvalue weighted by Gasteiger charge is 2.09. The molecule has 0 N–H and O–H groups in total. The van der Waals surface area contributed by atoms with Crippen molar-refractivity contribution < 1.29 is 9.59 Å². The Labute approximate surface area is 245 Å². The highest BCUT2D eigenvalue weighted by molar-refractivity contribution is 5.98. The van der Waals surface area contributed by atoms with Crippen LogP contribution in [0.25, 0.3) is 0 Å². The van der Waals surface area contributed by atoms with Gasteiger partial charge in [-0.3, -0.25) is 9.59 Å². The monoisotopic (exact) mass is 545 g/mol. The molecule has 0 aliphatic heterocycles. The van der Waals surface area contributed by atoms with Crippen molar-refractivity contribution in [1.29, 1.82) is 0 Å². The summed E-state index contributed by atoms with van der Waals surface area (Å²) in [7, 11) is 0. The summed E-state index contributed by atoms with van der Waals surface area (Å²) < 4.78 is 0. The molecule has 0 saturated carbocycles. The van der Waals surface area contributed by atoms with Crippen LogP contribution in [0.4, 0.5) is 0 Å². The summed E-state index contributed by atoms with van der Waals surface area (Å²) in [5.41, 5.74) is 0. The van der Waals surface area contributed by atoms with Gasteiger partial charge in [0.2, 0.25) is 0 Å². The Morgan fingerprint density at radius 3 is 0.923 bits per heavy atom. The Balaban J connectivity index is 3.37. The minimum atomic E-state index is 0.158. The molecule has 0 atom stereocenters. The van der Waals surface area contributed by atoms with Gasteiger partial charge in [0.05, 0.1) is 6.42 Å². The molecule has 0 amide bonds. The molecule has 0 aliphatic carbocycles. The van der Waals surface area contributed by atoms with Crippen molar-refractivity contribution in [2.24, 2.45) is 0 Å². The Morgan fingerprint density at radius 1 is 0.359 bits per heavy atom. The summed E-state index contributed by atoms with van der Waals surface area (Å²) in [4.78, 5) is 24.2. The van der Waals surface area contributed by atoms with Gasteiger partial charge in [0.25, 0.3) is 0 Å². The molecule has 0 heterocycles. The molecule has 0 aromatic carbocycles. The van der Waals surface area contributed by atoms with Crippen LogP contribution in [0.2, 0.25) is 0 Å². The first-order valence-corrected chi connectivity index (χ1v) is 17.5. The van der Waals surface area contributed by atoms with Crippen molar-refractivity contribution in [3.63, 3.8) is 0 Å². The van der Waals surface area contributed by atoms with Gasteiger partial charge >= 0.3 is 0 Å². The van der Waals surface area contributed by atoms with Crippen LogP contribution in [0, 0.1) is 0 Å². The van der Waals surface area contributed by atoms with E-state index in [1.807, 2.05) is 0 Å². The third-order valence-corrected chi connectivity index (χ3v) is 7.83. The van der Waals surface area contributed by atoms with Gasteiger partial charge in [-0.25, -0.2) is 0 Å². The predicted octanol–water partition coefficient (Wildman–Crippen LogP) is 12.6. The van der Waals surface area contributed by atoms with E-state index in [0.29, 0.717) is 12.8 Å². The largest absolute Gasteiger partial charge is 0.299 e. The molecule has 0 aromatic rings. The predicted molar refractivity (Wildman–Crippen MR) is 174 cm³/mol. The molecule has 0 spiro atoms. The summed E-state index contributed by atoms with van der Waals surface area (Å²) in [5.74, 6) is 0.316. The van der Waals surface area contributed by atoms with Gasteiger partial charge in [0, 0.05) is 12.8 Å². The molecule has 0 bridgehead atoms. The zero-order chi connectivity index (χ0) is 28.5. The van der Waals surface area contributed by atoms with E-state index in [-0.39, 0.29) is 18.0 Å². The minimum absolute atomic E-state index is 0.158. The molecular weight excluding hydrogens is 476 g/mol. The quantitative estimate of drug-likeness (QED) is 0.0479. The lowest BCUT2D eigenvalue weighted by Gasteiger charge is -2.03. The second-order valence-corrected chi connectivity index (χ2v) is 11.9. The zero-order valence-corrected chi connectivity index (χ0v) is 26.6. The second-order valence-electron chi connectivity index (χ2n) is 11.9. The third-order valence-electron chi connectivity index (χ3n) is 7.83. The van der Waals surface area contributed by atoms with E-state index in [4.69, 9.17) is 0 Å². The maximum absolute atomic E-state index is 12.1. The van der Waals surface area contributed by atoms with Crippen LogP contribution in [0.5, 0.6) is 0 Å². The topological polar surface area (TPSA) is 34.1 Å². The number of rotatable bonds is 32. The Bertz CT molecular complexity index is 524. The molecule has 0 saturated heterocycles. The van der Waals surface area contributed by atoms with Crippen molar-refractivity contribution in [3.05, 3.63) is 24.3 Å². The van der Waals surface area contributed by atoms with E-state index in [2.05, 4.69) is 38.2 Å². The van der Waals surface area contributed by atoms with Crippen LogP contribution in [0.3, 0.4) is 0 Å². The number of carbonyl (C=O) groups excluding carboxylic acids is 2. The molecule has 2 heteroatoms. The summed E-state index contributed by atoms with van der Waals surface area (Å²) >= 11 is 0. The molecule has 0 rings (SSSR count). The summed E-state index contributed by atoms with van der Waals surface area (Å²) in [6.07, 6.45) is 43.8. The minimum Gasteiger partial charge on any atom is -0.299 e. The normalized spacial score (nSPS) is 11.7. The van der Waals surface area contributed by atoms with Crippen molar-refractivity contribution in [2.45, 2.75) is 200 Å². The highest BCUT2D eigenvalue weighted by atomic mass is 16.1. The van der Waals surface area contributed by atoms with Gasteiger partial charge in [-0.1, -0.05) is 141 Å². The summed E-state index contributed by atoms with van der Waals surface area (Å²) in [5, 5.41) is 0. The molecule has 0 unspecified atom stereocenters. The van der Waals surface area contributed by atoms with Gasteiger partial charge < -0.3 is 0 Å². The standard InChI is InChI=1S/C37H68O2/c1-3-5-7-9-11-13-15-17-19-21-23-25-27-29-31-33-36(38)35-37(39)34-32-30-28-26-24-22-20-18-16-14-12-10-8-6-4-2/h17-20H,3-16,21-35H2,1-2H3/b19-17-,20-18-. The average molecular weight is 545 g/mol. The smallest absolute Gasteiger partial charge is 0.140 e. The van der Waals surface area contributed by atoms with Crippen LogP contribution in [-0.4, -0.2) is 11.6 Å². The van der Waals surface area contributed by atoms with Crippen molar-refractivity contribution in [3.8, 4) is 0 Å². The van der Waals surface area contributed by atoms with Gasteiger partial charge in [-0.15, -0.1) is 0 Å². The number of allylic oxidation sites excluding steroid dienone is 4. The third kappa shape index (κ3) is 32.9. The number of carbonyl (C=O) groups is 2. The molecule has 0 aromatic heterocycles. The van der Waals surface area contributed by atoms with Crippen LogP contribution < -0.4 is 0 Å². The fourth-order valence-electron chi connectivity index (χ4n) is 5.18. The van der Waals surface area contributed by atoms with Gasteiger partial charge in [-0.05, 0) is 64.2 Å². The summed E-state index contributed by atoms with van der Waals surface area (Å²) in [6, 6.07) is 0.